The van der Waals surface area contributed by atoms with Crippen LogP contribution in [-0.4, -0.2) is 18.8 Å². The molecule has 59 heavy (non-hydrogen) atoms. The van der Waals surface area contributed by atoms with Crippen molar-refractivity contribution >= 4 is 76.7 Å². The summed E-state index contributed by atoms with van der Waals surface area (Å²) < 4.78 is 11.4. The molecule has 0 unspecified atom stereocenters. The van der Waals surface area contributed by atoms with Crippen LogP contribution in [0.5, 0.6) is 11.5 Å². The highest BCUT2D eigenvalue weighted by molar-refractivity contribution is 6.16. The van der Waals surface area contributed by atoms with E-state index in [4.69, 9.17) is 14.7 Å². The molecule has 12 rings (SSSR count). The van der Waals surface area contributed by atoms with Crippen molar-refractivity contribution in [3.05, 3.63) is 180 Å². The Morgan fingerprint density at radius 1 is 0.356 bits per heavy atom. The van der Waals surface area contributed by atoms with Crippen LogP contribution >= 0.6 is 0 Å². The number of para-hydroxylation sites is 4. The van der Waals surface area contributed by atoms with Crippen molar-refractivity contribution < 1.29 is 4.74 Å². The molecule has 0 saturated heterocycles. The lowest BCUT2D eigenvalue weighted by Crippen LogP contribution is -1.95. The van der Waals surface area contributed by atoms with Gasteiger partial charge in [0.2, 0.25) is 0 Å². The molecule has 0 aliphatic rings. The maximum Gasteiger partial charge on any atom is 0.146 e. The van der Waals surface area contributed by atoms with Crippen LogP contribution in [0, 0.1) is 27.7 Å². The number of pyridine rings is 2. The molecule has 0 aliphatic carbocycles. The smallest absolute Gasteiger partial charge is 0.146 e. The molecule has 12 aromatic rings. The van der Waals surface area contributed by atoms with Gasteiger partial charge in [-0.3, -0.25) is 8.80 Å². The molecule has 4 aromatic heterocycles. The van der Waals surface area contributed by atoms with Crippen LogP contribution < -0.4 is 4.74 Å². The summed E-state index contributed by atoms with van der Waals surface area (Å²) >= 11 is 0. The van der Waals surface area contributed by atoms with Crippen LogP contribution in [0.3, 0.4) is 0 Å². The van der Waals surface area contributed by atoms with Crippen molar-refractivity contribution in [1.82, 2.24) is 18.8 Å². The molecular weight excluding hydrogens is 721 g/mol. The average Bonchev–Trinajstić information content (AvgIpc) is 3.84. The number of rotatable bonds is 4. The van der Waals surface area contributed by atoms with Gasteiger partial charge in [0.15, 0.2) is 0 Å². The van der Waals surface area contributed by atoms with E-state index in [1.807, 2.05) is 0 Å². The van der Waals surface area contributed by atoms with Gasteiger partial charge in [-0.25, -0.2) is 9.97 Å². The van der Waals surface area contributed by atoms with Crippen molar-refractivity contribution in [1.29, 1.82) is 0 Å². The first kappa shape index (κ1) is 33.6. The molecule has 0 saturated carbocycles. The topological polar surface area (TPSA) is 43.8 Å². The zero-order chi connectivity index (χ0) is 39.5. The average molecular weight is 759 g/mol. The van der Waals surface area contributed by atoms with Gasteiger partial charge < -0.3 is 4.74 Å². The van der Waals surface area contributed by atoms with E-state index in [2.05, 4.69) is 194 Å². The summed E-state index contributed by atoms with van der Waals surface area (Å²) in [7, 11) is 0. The molecule has 0 atom stereocenters. The largest absolute Gasteiger partial charge is 0.457 e. The number of ether oxygens (including phenoxy) is 1. The van der Waals surface area contributed by atoms with E-state index in [9.17, 15) is 0 Å². The molecule has 5 nitrogen and oxygen atoms in total. The van der Waals surface area contributed by atoms with E-state index in [0.29, 0.717) is 0 Å². The molecule has 280 valence electrons. The van der Waals surface area contributed by atoms with Gasteiger partial charge in [0.25, 0.3) is 0 Å². The van der Waals surface area contributed by atoms with E-state index >= 15 is 0 Å². The lowest BCUT2D eigenvalue weighted by Gasteiger charge is -2.15. The Hall–Kier alpha value is -7.50. The second-order valence-electron chi connectivity index (χ2n) is 16.0. The minimum atomic E-state index is 0.750. The molecule has 4 heterocycles. The molecule has 0 fully saturated rings. The van der Waals surface area contributed by atoms with Crippen LogP contribution in [0.1, 0.15) is 22.3 Å². The Labute approximate surface area is 340 Å². The van der Waals surface area contributed by atoms with E-state index < -0.39 is 0 Å². The molecule has 0 amide bonds. The van der Waals surface area contributed by atoms with Gasteiger partial charge in [0.1, 0.15) is 22.8 Å². The number of aromatic nitrogens is 4. The Kier molecular flexibility index (Phi) is 7.12. The van der Waals surface area contributed by atoms with E-state index in [0.717, 1.165) is 77.4 Å². The maximum atomic E-state index is 6.82. The lowest BCUT2D eigenvalue weighted by molar-refractivity contribution is 0.484. The maximum absolute atomic E-state index is 6.82. The summed E-state index contributed by atoms with van der Waals surface area (Å²) in [6.07, 6.45) is 0. The van der Waals surface area contributed by atoms with Crippen molar-refractivity contribution in [2.24, 2.45) is 0 Å². The summed E-state index contributed by atoms with van der Waals surface area (Å²) in [6.45, 7) is 8.77. The highest BCUT2D eigenvalue weighted by atomic mass is 16.5. The van der Waals surface area contributed by atoms with E-state index in [-0.39, 0.29) is 0 Å². The van der Waals surface area contributed by atoms with Gasteiger partial charge in [0, 0.05) is 21.5 Å². The molecule has 0 aliphatic heterocycles. The van der Waals surface area contributed by atoms with Gasteiger partial charge in [0.05, 0.1) is 33.1 Å². The van der Waals surface area contributed by atoms with Crippen LogP contribution in [0.25, 0.3) is 99.0 Å². The highest BCUT2D eigenvalue weighted by Crippen LogP contribution is 2.41. The molecule has 8 aromatic carbocycles. The monoisotopic (exact) mass is 758 g/mol. The molecule has 0 bridgehead atoms. The van der Waals surface area contributed by atoms with Crippen molar-refractivity contribution in [2.75, 3.05) is 0 Å². The minimum Gasteiger partial charge on any atom is -0.457 e. The number of hydrogen-bond acceptors (Lipinski definition) is 3. The number of imidazole rings is 2. The predicted molar refractivity (Wildman–Crippen MR) is 245 cm³/mol. The SMILES string of the molecule is Cc1cccc(C)c1-c1ccc2c(c1)c1ccc(Oc3ccc4c5ccc(-c6c(C)cccc6C)cc5n5c6ccccc6nc5c4c3)cc1c1nc3ccccc3n21. The standard InChI is InChI=1S/C54H38N4O/c1-31-11-9-12-32(2)51(31)35-20-26-47-42(27-35)40-25-22-38(30-44(40)53-55-45-15-5-7-17-48(45)57(47)53)59-37-21-24-39-41-23-19-36(52-33(3)13-10-14-34(52)4)28-50(41)58-49-18-8-6-16-46(49)56-54(58)43(39)29-37/h5-30H,1-4H3. The fraction of sp³-hybridized carbons (Fsp3) is 0.0741. The van der Waals surface area contributed by atoms with Gasteiger partial charge in [-0.1, -0.05) is 78.9 Å². The highest BCUT2D eigenvalue weighted by Gasteiger charge is 2.19. The second-order valence-corrected chi connectivity index (χ2v) is 16.0. The van der Waals surface area contributed by atoms with E-state index in [1.165, 1.54) is 55.3 Å². The number of benzene rings is 8. The molecule has 5 heteroatoms. The fourth-order valence-corrected chi connectivity index (χ4v) is 9.79. The number of nitrogens with zero attached hydrogens (tertiary/aromatic N) is 4. The Balaban J connectivity index is 1.05. The lowest BCUT2D eigenvalue weighted by atomic mass is 9.93. The number of hydrogen-bond donors (Lipinski definition) is 0. The first-order valence-corrected chi connectivity index (χ1v) is 20.2. The second kappa shape index (κ2) is 12.5. The first-order chi connectivity index (χ1) is 28.9. The molecule has 0 spiro atoms. The van der Waals surface area contributed by atoms with Gasteiger partial charge in [-0.2, -0.15) is 0 Å². The summed E-state index contributed by atoms with van der Waals surface area (Å²) in [5.41, 5.74) is 18.2. The molecule has 0 N–H and O–H groups in total. The predicted octanol–water partition coefficient (Wildman–Crippen LogP) is 14.3. The Bertz CT molecular complexity index is 3720. The summed E-state index contributed by atoms with van der Waals surface area (Å²) in [5.74, 6) is 1.50. The van der Waals surface area contributed by atoms with Crippen molar-refractivity contribution in [3.63, 3.8) is 0 Å². The van der Waals surface area contributed by atoms with Gasteiger partial charge in [-0.05, 0) is 162 Å². The Morgan fingerprint density at radius 2 is 0.831 bits per heavy atom. The quantitative estimate of drug-likeness (QED) is 0.168. The van der Waals surface area contributed by atoms with E-state index in [1.54, 1.807) is 0 Å². The first-order valence-electron chi connectivity index (χ1n) is 20.2. The molecular formula is C54H38N4O. The van der Waals surface area contributed by atoms with Crippen LogP contribution in [0.4, 0.5) is 0 Å². The zero-order valence-electron chi connectivity index (χ0n) is 33.2. The fourth-order valence-electron chi connectivity index (χ4n) is 9.79. The zero-order valence-corrected chi connectivity index (χ0v) is 33.2. The van der Waals surface area contributed by atoms with Crippen molar-refractivity contribution in [3.8, 4) is 33.8 Å². The Morgan fingerprint density at radius 3 is 1.41 bits per heavy atom. The van der Waals surface area contributed by atoms with Gasteiger partial charge >= 0.3 is 0 Å². The van der Waals surface area contributed by atoms with Crippen LogP contribution in [0.2, 0.25) is 0 Å². The summed E-state index contributed by atoms with van der Waals surface area (Å²) in [6, 6.07) is 56.4. The normalized spacial score (nSPS) is 12.1. The van der Waals surface area contributed by atoms with Crippen LogP contribution in [0.15, 0.2) is 158 Å². The number of aryl methyl sites for hydroxylation is 4. The molecule has 0 radical (unpaired) electrons. The third-order valence-corrected chi connectivity index (χ3v) is 12.4. The summed E-state index contributed by atoms with van der Waals surface area (Å²) in [4.78, 5) is 10.4. The summed E-state index contributed by atoms with van der Waals surface area (Å²) in [5, 5.41) is 6.70. The third-order valence-electron chi connectivity index (χ3n) is 12.4. The minimum absolute atomic E-state index is 0.750. The third kappa shape index (κ3) is 4.98. The van der Waals surface area contributed by atoms with Crippen LogP contribution in [-0.2, 0) is 0 Å². The van der Waals surface area contributed by atoms with Crippen molar-refractivity contribution in [2.45, 2.75) is 27.7 Å². The van der Waals surface area contributed by atoms with Gasteiger partial charge in [-0.15, -0.1) is 0 Å². The number of fused-ring (bicyclic) bond motifs is 16.